The Hall–Kier alpha value is -0.0800. The van der Waals surface area contributed by atoms with Crippen LogP contribution < -0.4 is 10.6 Å². The Morgan fingerprint density at radius 3 is 2.70 bits per heavy atom. The van der Waals surface area contributed by atoms with Crippen LogP contribution in [0.15, 0.2) is 4.99 Å². The number of nitrogens with one attached hydrogen (secondary N) is 2. The van der Waals surface area contributed by atoms with Crippen LogP contribution in [0.2, 0.25) is 0 Å². The van der Waals surface area contributed by atoms with E-state index in [9.17, 15) is 0 Å². The first-order chi connectivity index (χ1) is 10.8. The van der Waals surface area contributed by atoms with E-state index in [0.29, 0.717) is 11.5 Å². The summed E-state index contributed by atoms with van der Waals surface area (Å²) in [5.74, 6) is 1.94. The van der Waals surface area contributed by atoms with Gasteiger partial charge in [0.05, 0.1) is 12.7 Å². The first kappa shape index (κ1) is 19.2. The molecule has 1 unspecified atom stereocenters. The third-order valence-electron chi connectivity index (χ3n) is 5.09. The van der Waals surface area contributed by atoms with Crippen LogP contribution in [0.25, 0.3) is 0 Å². The number of halogens is 1. The zero-order valence-electron chi connectivity index (χ0n) is 14.3. The number of ether oxygens (including phenoxy) is 2. The largest absolute Gasteiger partial charge is 0.379 e. The summed E-state index contributed by atoms with van der Waals surface area (Å²) in [6.07, 6.45) is 8.00. The molecule has 0 aromatic heterocycles. The van der Waals surface area contributed by atoms with Gasteiger partial charge in [-0.3, -0.25) is 4.99 Å². The third kappa shape index (κ3) is 6.05. The topological polar surface area (TPSA) is 54.9 Å². The van der Waals surface area contributed by atoms with E-state index in [1.165, 1.54) is 25.7 Å². The predicted octanol–water partition coefficient (Wildman–Crippen LogP) is 2.55. The standard InChI is InChI=1S/C17H31N3O2.HI/c1-2-18-16(20-13-17(7-8-17)14-4-5-14)19-9-3-10-22-15-6-11-21-12-15;/h14-15H,2-13H2,1H3,(H2,18,19,20);1H. The monoisotopic (exact) mass is 437 g/mol. The first-order valence-electron chi connectivity index (χ1n) is 9.04. The van der Waals surface area contributed by atoms with Crippen molar-refractivity contribution in [3.8, 4) is 0 Å². The average molecular weight is 437 g/mol. The molecule has 0 aromatic carbocycles. The van der Waals surface area contributed by atoms with E-state index in [-0.39, 0.29) is 24.0 Å². The lowest BCUT2D eigenvalue weighted by Gasteiger charge is -2.15. The number of nitrogens with zero attached hydrogens (tertiary/aromatic N) is 1. The molecule has 0 aromatic rings. The smallest absolute Gasteiger partial charge is 0.191 e. The lowest BCUT2D eigenvalue weighted by atomic mass is 10.0. The van der Waals surface area contributed by atoms with Crippen molar-refractivity contribution in [1.82, 2.24) is 10.6 Å². The van der Waals surface area contributed by atoms with Crippen LogP contribution in [0.4, 0.5) is 0 Å². The molecule has 134 valence electrons. The van der Waals surface area contributed by atoms with Crippen LogP contribution in [0.3, 0.4) is 0 Å². The molecule has 0 bridgehead atoms. The highest BCUT2D eigenvalue weighted by molar-refractivity contribution is 14.0. The van der Waals surface area contributed by atoms with Crippen LogP contribution >= 0.6 is 24.0 Å². The molecule has 1 heterocycles. The Bertz CT molecular complexity index is 378. The number of guanidine groups is 1. The van der Waals surface area contributed by atoms with Gasteiger partial charge in [-0.2, -0.15) is 0 Å². The summed E-state index contributed by atoms with van der Waals surface area (Å²) in [6, 6.07) is 0. The lowest BCUT2D eigenvalue weighted by molar-refractivity contribution is 0.0420. The van der Waals surface area contributed by atoms with Crippen molar-refractivity contribution in [2.45, 2.75) is 51.6 Å². The Morgan fingerprint density at radius 2 is 2.09 bits per heavy atom. The Balaban J connectivity index is 0.00000192. The van der Waals surface area contributed by atoms with Gasteiger partial charge >= 0.3 is 0 Å². The molecule has 0 radical (unpaired) electrons. The molecule has 5 nitrogen and oxygen atoms in total. The average Bonchev–Trinajstić information content (AvgIpc) is 3.43. The summed E-state index contributed by atoms with van der Waals surface area (Å²) < 4.78 is 11.1. The highest BCUT2D eigenvalue weighted by Gasteiger charge is 2.53. The molecule has 3 fully saturated rings. The molecule has 0 spiro atoms. The van der Waals surface area contributed by atoms with Crippen molar-refractivity contribution in [1.29, 1.82) is 0 Å². The van der Waals surface area contributed by atoms with Gasteiger partial charge in [-0.25, -0.2) is 0 Å². The molecule has 1 saturated heterocycles. The van der Waals surface area contributed by atoms with E-state index >= 15 is 0 Å². The van der Waals surface area contributed by atoms with Gasteiger partial charge in [0, 0.05) is 32.8 Å². The van der Waals surface area contributed by atoms with E-state index in [2.05, 4.69) is 17.6 Å². The molecule has 3 aliphatic rings. The molecular weight excluding hydrogens is 405 g/mol. The van der Waals surface area contributed by atoms with E-state index in [1.807, 2.05) is 0 Å². The van der Waals surface area contributed by atoms with Crippen LogP contribution in [-0.4, -0.2) is 51.5 Å². The molecule has 2 saturated carbocycles. The van der Waals surface area contributed by atoms with E-state index in [4.69, 9.17) is 14.5 Å². The summed E-state index contributed by atoms with van der Waals surface area (Å²) in [5.41, 5.74) is 0.577. The van der Waals surface area contributed by atoms with Gasteiger partial charge in [0.1, 0.15) is 0 Å². The fraction of sp³-hybridized carbons (Fsp3) is 0.941. The second kappa shape index (κ2) is 9.42. The fourth-order valence-electron chi connectivity index (χ4n) is 3.30. The number of rotatable bonds is 9. The van der Waals surface area contributed by atoms with Gasteiger partial charge < -0.3 is 20.1 Å². The maximum absolute atomic E-state index is 5.78. The van der Waals surface area contributed by atoms with Crippen LogP contribution in [0.1, 0.15) is 45.4 Å². The van der Waals surface area contributed by atoms with Crippen molar-refractivity contribution in [2.75, 3.05) is 39.5 Å². The van der Waals surface area contributed by atoms with Gasteiger partial charge in [-0.1, -0.05) is 0 Å². The van der Waals surface area contributed by atoms with Crippen LogP contribution in [-0.2, 0) is 9.47 Å². The van der Waals surface area contributed by atoms with Crippen molar-refractivity contribution in [2.24, 2.45) is 16.3 Å². The summed E-state index contributed by atoms with van der Waals surface area (Å²) in [4.78, 5) is 4.82. The minimum absolute atomic E-state index is 0. The molecule has 23 heavy (non-hydrogen) atoms. The first-order valence-corrected chi connectivity index (χ1v) is 9.04. The van der Waals surface area contributed by atoms with Crippen molar-refractivity contribution in [3.63, 3.8) is 0 Å². The summed E-state index contributed by atoms with van der Waals surface area (Å²) in [7, 11) is 0. The van der Waals surface area contributed by atoms with Crippen molar-refractivity contribution >= 4 is 29.9 Å². The maximum atomic E-state index is 5.78. The maximum Gasteiger partial charge on any atom is 0.191 e. The van der Waals surface area contributed by atoms with Crippen LogP contribution in [0, 0.1) is 11.3 Å². The number of hydrogen-bond acceptors (Lipinski definition) is 3. The third-order valence-corrected chi connectivity index (χ3v) is 5.09. The highest BCUT2D eigenvalue weighted by Crippen LogP contribution is 2.61. The van der Waals surface area contributed by atoms with Gasteiger partial charge in [-0.15, -0.1) is 24.0 Å². The minimum atomic E-state index is 0. The summed E-state index contributed by atoms with van der Waals surface area (Å²) in [6.45, 7) is 7.36. The molecule has 6 heteroatoms. The van der Waals surface area contributed by atoms with Crippen LogP contribution in [0.5, 0.6) is 0 Å². The Labute approximate surface area is 157 Å². The second-order valence-corrected chi connectivity index (χ2v) is 6.97. The van der Waals surface area contributed by atoms with E-state index < -0.39 is 0 Å². The predicted molar refractivity (Wildman–Crippen MR) is 104 cm³/mol. The molecule has 1 atom stereocenters. The van der Waals surface area contributed by atoms with Gasteiger partial charge in [0.25, 0.3) is 0 Å². The zero-order valence-corrected chi connectivity index (χ0v) is 16.6. The van der Waals surface area contributed by atoms with E-state index in [0.717, 1.165) is 64.2 Å². The van der Waals surface area contributed by atoms with Crippen molar-refractivity contribution < 1.29 is 9.47 Å². The Kier molecular flexibility index (Phi) is 7.88. The Morgan fingerprint density at radius 1 is 1.26 bits per heavy atom. The number of hydrogen-bond donors (Lipinski definition) is 2. The normalized spacial score (nSPS) is 25.8. The van der Waals surface area contributed by atoms with Gasteiger partial charge in [0.2, 0.25) is 0 Å². The van der Waals surface area contributed by atoms with Gasteiger partial charge in [0.15, 0.2) is 5.96 Å². The molecule has 0 amide bonds. The fourth-order valence-corrected chi connectivity index (χ4v) is 3.30. The molecule has 1 aliphatic heterocycles. The highest BCUT2D eigenvalue weighted by atomic mass is 127. The zero-order chi connectivity index (χ0) is 15.3. The molecule has 2 aliphatic carbocycles. The lowest BCUT2D eigenvalue weighted by Crippen LogP contribution is -2.38. The molecule has 2 N–H and O–H groups in total. The SMILES string of the molecule is CCNC(=NCC1(C2CC2)CC1)NCCCOC1CCOC1.I. The van der Waals surface area contributed by atoms with Gasteiger partial charge in [-0.05, 0) is 56.8 Å². The second-order valence-electron chi connectivity index (χ2n) is 6.97. The minimum Gasteiger partial charge on any atom is -0.379 e. The summed E-state index contributed by atoms with van der Waals surface area (Å²) >= 11 is 0. The summed E-state index contributed by atoms with van der Waals surface area (Å²) in [5, 5.41) is 6.79. The molecular formula is C17H32IN3O2. The van der Waals surface area contributed by atoms with E-state index in [1.54, 1.807) is 0 Å². The number of aliphatic imine (C=N–C) groups is 1. The quantitative estimate of drug-likeness (QED) is 0.252. The van der Waals surface area contributed by atoms with Crippen molar-refractivity contribution in [3.05, 3.63) is 0 Å². The molecule has 3 rings (SSSR count).